The number of rotatable bonds is 9. The van der Waals surface area contributed by atoms with Crippen molar-refractivity contribution in [3.63, 3.8) is 0 Å². The highest BCUT2D eigenvalue weighted by atomic mass is 35.5. The van der Waals surface area contributed by atoms with Crippen LogP contribution in [0.4, 0.5) is 0 Å². The van der Waals surface area contributed by atoms with Gasteiger partial charge in [0.2, 0.25) is 5.60 Å². The first-order chi connectivity index (χ1) is 10.0. The van der Waals surface area contributed by atoms with Gasteiger partial charge in [-0.1, -0.05) is 11.6 Å². The van der Waals surface area contributed by atoms with Gasteiger partial charge in [0.25, 0.3) is 0 Å². The molecule has 6 heteroatoms. The Morgan fingerprint density at radius 2 is 1.90 bits per heavy atom. The third-order valence-electron chi connectivity index (χ3n) is 3.36. The van der Waals surface area contributed by atoms with Crippen LogP contribution in [0.2, 0.25) is 5.02 Å². The van der Waals surface area contributed by atoms with Crippen LogP contribution in [0.1, 0.15) is 25.7 Å². The minimum absolute atomic E-state index is 0.000838. The fourth-order valence-electron chi connectivity index (χ4n) is 1.96. The Bertz CT molecular complexity index is 507. The van der Waals surface area contributed by atoms with Crippen molar-refractivity contribution in [3.05, 3.63) is 29.3 Å². The summed E-state index contributed by atoms with van der Waals surface area (Å²) in [7, 11) is 0. The highest BCUT2D eigenvalue weighted by Crippen LogP contribution is 2.30. The number of carboxylic acids is 1. The highest BCUT2D eigenvalue weighted by Gasteiger charge is 2.58. The lowest BCUT2D eigenvalue weighted by atomic mass is 10.00. The van der Waals surface area contributed by atoms with Crippen LogP contribution in [0.15, 0.2) is 24.3 Å². The quantitative estimate of drug-likeness (QED) is 0.431. The summed E-state index contributed by atoms with van der Waals surface area (Å²) in [6.07, 6.45) is 2.47. The molecule has 1 aliphatic rings. The molecule has 1 aromatic carbocycles. The van der Waals surface area contributed by atoms with Gasteiger partial charge in [-0.3, -0.25) is 4.79 Å². The van der Waals surface area contributed by atoms with E-state index in [1.165, 1.54) is 0 Å². The number of benzene rings is 1. The number of carbonyl (C=O) groups is 2. The van der Waals surface area contributed by atoms with Gasteiger partial charge >= 0.3 is 5.97 Å². The minimum atomic E-state index is -1.54. The smallest absolute Gasteiger partial charge is 0.346 e. The molecule has 0 bridgehead atoms. The van der Waals surface area contributed by atoms with E-state index in [2.05, 4.69) is 0 Å². The van der Waals surface area contributed by atoms with E-state index in [1.54, 1.807) is 24.3 Å². The number of carbonyl (C=O) groups excluding carboxylic acids is 1. The number of halogens is 1. The number of hydrogen-bond donors (Lipinski definition) is 1. The van der Waals surface area contributed by atoms with Crippen molar-refractivity contribution in [2.75, 3.05) is 13.2 Å². The van der Waals surface area contributed by atoms with Gasteiger partial charge in [-0.15, -0.1) is 0 Å². The van der Waals surface area contributed by atoms with Crippen LogP contribution in [0.5, 0.6) is 5.75 Å². The topological polar surface area (TPSA) is 76.1 Å². The maximum absolute atomic E-state index is 11.7. The number of carboxylic acid groups (broad SMARTS) is 1. The van der Waals surface area contributed by atoms with Crippen molar-refractivity contribution in [3.8, 4) is 5.75 Å². The van der Waals surface area contributed by atoms with Crippen LogP contribution in [-0.4, -0.2) is 35.7 Å². The van der Waals surface area contributed by atoms with Crippen LogP contribution in [0, 0.1) is 0 Å². The molecule has 1 aliphatic heterocycles. The largest absolute Gasteiger partial charge is 0.494 e. The van der Waals surface area contributed by atoms with Crippen LogP contribution >= 0.6 is 11.6 Å². The molecule has 1 heterocycles. The number of ketones is 1. The van der Waals surface area contributed by atoms with Gasteiger partial charge in [0.05, 0.1) is 13.2 Å². The number of Topliss-reactive ketones (excluding diaryl/α,β-unsaturated/α-hetero) is 1. The van der Waals surface area contributed by atoms with Gasteiger partial charge in [0.1, 0.15) is 5.75 Å². The van der Waals surface area contributed by atoms with E-state index in [0.717, 1.165) is 18.6 Å². The van der Waals surface area contributed by atoms with E-state index < -0.39 is 11.6 Å². The van der Waals surface area contributed by atoms with Gasteiger partial charge in [0.15, 0.2) is 5.78 Å². The van der Waals surface area contributed by atoms with Crippen molar-refractivity contribution in [2.45, 2.75) is 31.3 Å². The van der Waals surface area contributed by atoms with Gasteiger partial charge < -0.3 is 14.6 Å². The Balaban J connectivity index is 1.57. The van der Waals surface area contributed by atoms with E-state index >= 15 is 0 Å². The van der Waals surface area contributed by atoms with Crippen molar-refractivity contribution in [1.82, 2.24) is 0 Å². The summed E-state index contributed by atoms with van der Waals surface area (Å²) in [6.45, 7) is 0.553. The number of aliphatic carboxylic acids is 1. The van der Waals surface area contributed by atoms with Crippen molar-refractivity contribution in [2.24, 2.45) is 0 Å². The Morgan fingerprint density at radius 1 is 1.24 bits per heavy atom. The second kappa shape index (κ2) is 6.91. The lowest BCUT2D eigenvalue weighted by Gasteiger charge is -2.07. The molecule has 0 saturated carbocycles. The predicted molar refractivity (Wildman–Crippen MR) is 76.7 cm³/mol. The molecule has 1 N–H and O–H groups in total. The number of ether oxygens (including phenoxy) is 2. The highest BCUT2D eigenvalue weighted by molar-refractivity contribution is 6.30. The molecule has 1 unspecified atom stereocenters. The molecule has 21 heavy (non-hydrogen) atoms. The summed E-state index contributed by atoms with van der Waals surface area (Å²) < 4.78 is 10.3. The Hall–Kier alpha value is -1.59. The first-order valence-electron chi connectivity index (χ1n) is 6.83. The normalized spacial score (nSPS) is 20.0. The Morgan fingerprint density at radius 3 is 2.48 bits per heavy atom. The third kappa shape index (κ3) is 4.19. The van der Waals surface area contributed by atoms with E-state index in [4.69, 9.17) is 26.2 Å². The fraction of sp³-hybridized carbons (Fsp3) is 0.467. The first kappa shape index (κ1) is 15.8. The molecule has 0 radical (unpaired) electrons. The summed E-state index contributed by atoms with van der Waals surface area (Å²) >= 11 is 5.77. The molecule has 0 amide bonds. The minimum Gasteiger partial charge on any atom is -0.494 e. The van der Waals surface area contributed by atoms with Crippen LogP contribution in [-0.2, 0) is 14.3 Å². The Labute approximate surface area is 127 Å². The molecule has 2 rings (SSSR count). The molecule has 0 aliphatic carbocycles. The van der Waals surface area contributed by atoms with Crippen molar-refractivity contribution >= 4 is 23.4 Å². The summed E-state index contributed by atoms with van der Waals surface area (Å²) in [5.74, 6) is -0.765. The second-order valence-electron chi connectivity index (χ2n) is 4.96. The summed E-state index contributed by atoms with van der Waals surface area (Å²) in [5, 5.41) is 9.55. The maximum atomic E-state index is 11.7. The maximum Gasteiger partial charge on any atom is 0.346 e. The van der Waals surface area contributed by atoms with Crippen LogP contribution < -0.4 is 4.74 Å². The zero-order chi connectivity index (χ0) is 15.3. The number of epoxide rings is 1. The molecular weight excluding hydrogens is 296 g/mol. The number of hydrogen-bond acceptors (Lipinski definition) is 4. The van der Waals surface area contributed by atoms with Gasteiger partial charge in [-0.25, -0.2) is 4.79 Å². The van der Waals surface area contributed by atoms with Gasteiger partial charge in [-0.05, 0) is 43.5 Å². The molecule has 114 valence electrons. The Kier molecular flexibility index (Phi) is 5.20. The molecule has 1 saturated heterocycles. The summed E-state index contributed by atoms with van der Waals surface area (Å²) in [5.41, 5.74) is -1.54. The van der Waals surface area contributed by atoms with E-state index in [0.29, 0.717) is 18.1 Å². The molecule has 0 spiro atoms. The van der Waals surface area contributed by atoms with Gasteiger partial charge in [0, 0.05) is 11.4 Å². The predicted octanol–water partition coefficient (Wildman–Crippen LogP) is 2.70. The zero-order valence-corrected chi connectivity index (χ0v) is 12.3. The molecule has 5 nitrogen and oxygen atoms in total. The molecule has 1 aromatic rings. The summed E-state index contributed by atoms with van der Waals surface area (Å²) in [4.78, 5) is 22.6. The second-order valence-corrected chi connectivity index (χ2v) is 5.39. The average molecular weight is 313 g/mol. The third-order valence-corrected chi connectivity index (χ3v) is 3.61. The van der Waals surface area contributed by atoms with Gasteiger partial charge in [-0.2, -0.15) is 0 Å². The van der Waals surface area contributed by atoms with Crippen molar-refractivity contribution in [1.29, 1.82) is 0 Å². The van der Waals surface area contributed by atoms with E-state index in [9.17, 15) is 9.59 Å². The van der Waals surface area contributed by atoms with E-state index in [1.807, 2.05) is 0 Å². The summed E-state index contributed by atoms with van der Waals surface area (Å²) in [6, 6.07) is 7.12. The fourth-order valence-corrected chi connectivity index (χ4v) is 2.09. The molecule has 1 atom stereocenters. The zero-order valence-electron chi connectivity index (χ0n) is 11.5. The molecule has 1 fully saturated rings. The standard InChI is InChI=1S/C15H17ClO5/c16-11-5-7-12(8-6-11)20-9-3-1-2-4-13(17)15(10-21-15)14(18)19/h5-8H,1-4,9-10H2,(H,18,19). The van der Waals surface area contributed by atoms with Crippen LogP contribution in [0.3, 0.4) is 0 Å². The first-order valence-corrected chi connectivity index (χ1v) is 7.21. The lowest BCUT2D eigenvalue weighted by molar-refractivity contribution is -0.148. The lowest BCUT2D eigenvalue weighted by Crippen LogP contribution is -2.33. The molecular formula is C15H17ClO5. The van der Waals surface area contributed by atoms with Crippen LogP contribution in [0.25, 0.3) is 0 Å². The average Bonchev–Trinajstić information content (AvgIpc) is 3.26. The van der Waals surface area contributed by atoms with Crippen molar-refractivity contribution < 1.29 is 24.2 Å². The SMILES string of the molecule is O=C(O)C1(C(=O)CCCCCOc2ccc(Cl)cc2)CO1. The number of unbranched alkanes of at least 4 members (excludes halogenated alkanes) is 2. The monoisotopic (exact) mass is 312 g/mol. The van der Waals surface area contributed by atoms with E-state index in [-0.39, 0.29) is 18.8 Å². The molecule has 0 aromatic heterocycles.